The van der Waals surface area contributed by atoms with Gasteiger partial charge >= 0.3 is 0 Å². The first-order valence-corrected chi connectivity index (χ1v) is 10.7. The number of primary sulfonamides is 1. The summed E-state index contributed by atoms with van der Waals surface area (Å²) in [4.78, 5) is 24.4. The number of hydrogen-bond acceptors (Lipinski definition) is 5. The van der Waals surface area contributed by atoms with Gasteiger partial charge < -0.3 is 5.32 Å². The minimum absolute atomic E-state index is 0.0615. The molecular weight excluding hydrogens is 372 g/mol. The van der Waals surface area contributed by atoms with Crippen molar-refractivity contribution in [3.8, 4) is 0 Å². The second kappa shape index (κ2) is 9.61. The Bertz CT molecular complexity index is 829. The molecule has 0 saturated carbocycles. The summed E-state index contributed by atoms with van der Waals surface area (Å²) in [5.41, 5.74) is 0.980. The zero-order valence-electron chi connectivity index (χ0n) is 14.3. The Morgan fingerprint density at radius 3 is 2.38 bits per heavy atom. The van der Waals surface area contributed by atoms with Gasteiger partial charge in [0.1, 0.15) is 0 Å². The van der Waals surface area contributed by atoms with Crippen LogP contribution in [0.2, 0.25) is 0 Å². The molecule has 0 aliphatic carbocycles. The summed E-state index contributed by atoms with van der Waals surface area (Å²) in [6, 6.07) is 10.0. The summed E-state index contributed by atoms with van der Waals surface area (Å²) in [5, 5.41) is 9.75. The van der Waals surface area contributed by atoms with Crippen LogP contribution >= 0.6 is 11.3 Å². The second-order valence-corrected chi connectivity index (χ2v) is 8.41. The maximum Gasteiger partial charge on any atom is 0.238 e. The molecule has 26 heavy (non-hydrogen) atoms. The van der Waals surface area contributed by atoms with Crippen LogP contribution in [0, 0.1) is 0 Å². The Labute approximate surface area is 157 Å². The third-order valence-electron chi connectivity index (χ3n) is 3.82. The van der Waals surface area contributed by atoms with Gasteiger partial charge in [0.2, 0.25) is 15.9 Å². The molecule has 1 aromatic carbocycles. The predicted molar refractivity (Wildman–Crippen MR) is 102 cm³/mol. The van der Waals surface area contributed by atoms with Crippen molar-refractivity contribution in [1.82, 2.24) is 5.32 Å². The van der Waals surface area contributed by atoms with E-state index in [-0.39, 0.29) is 16.6 Å². The predicted octanol–water partition coefficient (Wildman–Crippen LogP) is 2.50. The number of benzene rings is 1. The number of amides is 1. The standard InChI is InChI=1S/C18H22N2O4S2/c19-26(23,24)15-10-8-14(9-11-15)4-2-12-20-18(22)7-1-5-16(21)17-6-3-13-25-17/h3,6,8-11,13H,1-2,4-5,7,12H2,(H,20,22)(H2,19,23,24). The van der Waals surface area contributed by atoms with E-state index in [0.29, 0.717) is 25.8 Å². The largest absolute Gasteiger partial charge is 0.356 e. The van der Waals surface area contributed by atoms with Gasteiger partial charge in [0, 0.05) is 19.4 Å². The highest BCUT2D eigenvalue weighted by Gasteiger charge is 2.09. The number of aryl methyl sites for hydroxylation is 1. The zero-order valence-corrected chi connectivity index (χ0v) is 15.9. The van der Waals surface area contributed by atoms with E-state index in [2.05, 4.69) is 5.32 Å². The summed E-state index contributed by atoms with van der Waals surface area (Å²) >= 11 is 1.42. The van der Waals surface area contributed by atoms with Crippen molar-refractivity contribution >= 4 is 33.1 Å². The fourth-order valence-electron chi connectivity index (χ4n) is 2.42. The van der Waals surface area contributed by atoms with Crippen LogP contribution in [0.1, 0.15) is 40.9 Å². The van der Waals surface area contributed by atoms with Crippen molar-refractivity contribution in [2.45, 2.75) is 37.0 Å². The van der Waals surface area contributed by atoms with Crippen LogP contribution in [0.15, 0.2) is 46.7 Å². The lowest BCUT2D eigenvalue weighted by Gasteiger charge is -2.06. The molecule has 140 valence electrons. The molecule has 1 amide bonds. The Balaban J connectivity index is 1.60. The average Bonchev–Trinajstić information content (AvgIpc) is 3.13. The van der Waals surface area contributed by atoms with Gasteiger partial charge in [-0.25, -0.2) is 13.6 Å². The molecule has 0 aliphatic heterocycles. The van der Waals surface area contributed by atoms with Crippen molar-refractivity contribution in [2.75, 3.05) is 6.54 Å². The smallest absolute Gasteiger partial charge is 0.238 e. The minimum atomic E-state index is -3.67. The molecule has 2 aromatic rings. The maximum atomic E-state index is 11.8. The van der Waals surface area contributed by atoms with Crippen LogP contribution in [0.3, 0.4) is 0 Å². The van der Waals surface area contributed by atoms with E-state index in [1.165, 1.54) is 23.5 Å². The van der Waals surface area contributed by atoms with Crippen molar-refractivity contribution in [2.24, 2.45) is 5.14 Å². The monoisotopic (exact) mass is 394 g/mol. The van der Waals surface area contributed by atoms with Gasteiger partial charge in [-0.15, -0.1) is 11.3 Å². The molecule has 0 atom stereocenters. The first-order chi connectivity index (χ1) is 12.4. The first kappa shape index (κ1) is 20.3. The van der Waals surface area contributed by atoms with Crippen LogP contribution in [-0.2, 0) is 21.2 Å². The number of nitrogens with one attached hydrogen (secondary N) is 1. The Hall–Kier alpha value is -2.03. The number of sulfonamides is 1. The topological polar surface area (TPSA) is 106 Å². The lowest BCUT2D eigenvalue weighted by atomic mass is 10.1. The van der Waals surface area contributed by atoms with Crippen molar-refractivity contribution in [1.29, 1.82) is 0 Å². The summed E-state index contributed by atoms with van der Waals surface area (Å²) in [7, 11) is -3.67. The number of carbonyl (C=O) groups is 2. The molecule has 0 spiro atoms. The second-order valence-electron chi connectivity index (χ2n) is 5.90. The van der Waals surface area contributed by atoms with Crippen LogP contribution in [-0.4, -0.2) is 26.7 Å². The molecule has 3 N–H and O–H groups in total. The number of nitrogens with two attached hydrogens (primary N) is 1. The molecular formula is C18H22N2O4S2. The van der Waals surface area contributed by atoms with Gasteiger partial charge in [0.25, 0.3) is 0 Å². The molecule has 6 nitrogen and oxygen atoms in total. The third-order valence-corrected chi connectivity index (χ3v) is 5.66. The van der Waals surface area contributed by atoms with Gasteiger partial charge in [-0.1, -0.05) is 18.2 Å². The minimum Gasteiger partial charge on any atom is -0.356 e. The van der Waals surface area contributed by atoms with Crippen LogP contribution in [0.25, 0.3) is 0 Å². The first-order valence-electron chi connectivity index (χ1n) is 8.31. The SMILES string of the molecule is NS(=O)(=O)c1ccc(CCCNC(=O)CCCC(=O)c2cccs2)cc1. The lowest BCUT2D eigenvalue weighted by Crippen LogP contribution is -2.24. The Kier molecular flexibility index (Phi) is 7.50. The maximum absolute atomic E-state index is 11.8. The number of Topliss-reactive ketones (excluding diaryl/α,β-unsaturated/α-hetero) is 1. The van der Waals surface area contributed by atoms with E-state index in [1.807, 2.05) is 11.4 Å². The van der Waals surface area contributed by atoms with Crippen LogP contribution in [0.5, 0.6) is 0 Å². The van der Waals surface area contributed by atoms with Crippen LogP contribution < -0.4 is 10.5 Å². The fraction of sp³-hybridized carbons (Fsp3) is 0.333. The number of hydrogen-bond donors (Lipinski definition) is 2. The molecule has 0 unspecified atom stereocenters. The van der Waals surface area contributed by atoms with E-state index in [1.54, 1.807) is 18.2 Å². The molecule has 8 heteroatoms. The highest BCUT2D eigenvalue weighted by Crippen LogP contribution is 2.13. The van der Waals surface area contributed by atoms with E-state index in [4.69, 9.17) is 5.14 Å². The number of thiophene rings is 1. The van der Waals surface area contributed by atoms with Crippen LogP contribution in [0.4, 0.5) is 0 Å². The summed E-state index contributed by atoms with van der Waals surface area (Å²) in [5.74, 6) is 0.0179. The van der Waals surface area contributed by atoms with E-state index < -0.39 is 10.0 Å². The van der Waals surface area contributed by atoms with E-state index >= 15 is 0 Å². The lowest BCUT2D eigenvalue weighted by molar-refractivity contribution is -0.121. The zero-order chi connectivity index (χ0) is 19.0. The quantitative estimate of drug-likeness (QED) is 0.477. The summed E-state index contributed by atoms with van der Waals surface area (Å²) < 4.78 is 22.4. The van der Waals surface area contributed by atoms with E-state index in [0.717, 1.165) is 23.3 Å². The highest BCUT2D eigenvalue weighted by atomic mass is 32.2. The molecule has 0 radical (unpaired) electrons. The average molecular weight is 395 g/mol. The molecule has 0 bridgehead atoms. The van der Waals surface area contributed by atoms with Gasteiger partial charge in [-0.2, -0.15) is 0 Å². The molecule has 0 saturated heterocycles. The van der Waals surface area contributed by atoms with Gasteiger partial charge in [0.15, 0.2) is 5.78 Å². The molecule has 2 rings (SSSR count). The number of ketones is 1. The number of rotatable bonds is 10. The summed E-state index contributed by atoms with van der Waals surface area (Å²) in [6.07, 6.45) is 2.72. The molecule has 0 aliphatic rings. The molecule has 0 fully saturated rings. The third kappa shape index (κ3) is 6.70. The Morgan fingerprint density at radius 1 is 1.04 bits per heavy atom. The molecule has 1 heterocycles. The van der Waals surface area contributed by atoms with Gasteiger partial charge in [-0.3, -0.25) is 9.59 Å². The van der Waals surface area contributed by atoms with Gasteiger partial charge in [0.05, 0.1) is 9.77 Å². The van der Waals surface area contributed by atoms with Crippen molar-refractivity contribution < 1.29 is 18.0 Å². The van der Waals surface area contributed by atoms with E-state index in [9.17, 15) is 18.0 Å². The Morgan fingerprint density at radius 2 is 1.77 bits per heavy atom. The van der Waals surface area contributed by atoms with Crippen molar-refractivity contribution in [3.05, 3.63) is 52.2 Å². The number of carbonyl (C=O) groups excluding carboxylic acids is 2. The normalized spacial score (nSPS) is 11.3. The fourth-order valence-corrected chi connectivity index (χ4v) is 3.63. The van der Waals surface area contributed by atoms with Gasteiger partial charge in [-0.05, 0) is 48.4 Å². The van der Waals surface area contributed by atoms with Crippen molar-refractivity contribution in [3.63, 3.8) is 0 Å². The highest BCUT2D eigenvalue weighted by molar-refractivity contribution is 7.89. The summed E-state index contributed by atoms with van der Waals surface area (Å²) in [6.45, 7) is 0.536. The molecule has 1 aromatic heterocycles.